The summed E-state index contributed by atoms with van der Waals surface area (Å²) in [7, 11) is 0. The van der Waals surface area contributed by atoms with E-state index in [1.54, 1.807) is 0 Å². The van der Waals surface area contributed by atoms with Crippen LogP contribution in [0.3, 0.4) is 0 Å². The zero-order valence-electron chi connectivity index (χ0n) is 24.1. The highest BCUT2D eigenvalue weighted by atomic mass is 16.5. The Labute approximate surface area is 213 Å². The number of fused-ring (bicyclic) bond motifs is 5. The molecule has 8 unspecified atom stereocenters. The molecule has 0 amide bonds. The summed E-state index contributed by atoms with van der Waals surface area (Å²) >= 11 is 0. The molecular formula is C32H60O2. The molecule has 34 heavy (non-hydrogen) atoms. The summed E-state index contributed by atoms with van der Waals surface area (Å²) < 4.78 is 6.17. The summed E-state index contributed by atoms with van der Waals surface area (Å²) in [4.78, 5) is 0. The smallest absolute Gasteiger partial charge is 0.0578 e. The van der Waals surface area contributed by atoms with E-state index in [0.29, 0.717) is 16.9 Å². The quantitative estimate of drug-likeness (QED) is 0.337. The molecule has 0 aliphatic heterocycles. The Balaban J connectivity index is 0.00000158. The topological polar surface area (TPSA) is 29.5 Å². The van der Waals surface area contributed by atoms with Crippen molar-refractivity contribution in [2.24, 2.45) is 52.3 Å². The van der Waals surface area contributed by atoms with Crippen LogP contribution in [0.4, 0.5) is 0 Å². The second-order valence-corrected chi connectivity index (χ2v) is 13.5. The molecule has 0 saturated heterocycles. The Bertz CT molecular complexity index is 602. The fraction of sp³-hybridized carbons (Fsp3) is 1.00. The van der Waals surface area contributed by atoms with Gasteiger partial charge in [-0.1, -0.05) is 67.7 Å². The van der Waals surface area contributed by atoms with Crippen LogP contribution in [0, 0.1) is 52.3 Å². The molecule has 200 valence electrons. The second-order valence-electron chi connectivity index (χ2n) is 13.5. The van der Waals surface area contributed by atoms with E-state index in [-0.39, 0.29) is 6.61 Å². The lowest BCUT2D eigenvalue weighted by atomic mass is 9.44. The normalized spacial score (nSPS) is 42.3. The maximum absolute atomic E-state index is 9.09. The van der Waals surface area contributed by atoms with E-state index in [4.69, 9.17) is 9.84 Å². The van der Waals surface area contributed by atoms with Gasteiger partial charge in [0.05, 0.1) is 6.10 Å². The van der Waals surface area contributed by atoms with E-state index in [1.165, 1.54) is 77.0 Å². The Morgan fingerprint density at radius 3 is 2.24 bits per heavy atom. The fourth-order valence-corrected chi connectivity index (χ4v) is 9.71. The van der Waals surface area contributed by atoms with E-state index < -0.39 is 0 Å². The first-order chi connectivity index (χ1) is 16.3. The molecule has 2 heteroatoms. The third-order valence-corrected chi connectivity index (χ3v) is 11.5. The van der Waals surface area contributed by atoms with Crippen molar-refractivity contribution in [2.75, 3.05) is 13.2 Å². The maximum atomic E-state index is 9.09. The third kappa shape index (κ3) is 5.74. The van der Waals surface area contributed by atoms with Gasteiger partial charge >= 0.3 is 0 Å². The fourth-order valence-electron chi connectivity index (χ4n) is 9.71. The monoisotopic (exact) mass is 476 g/mol. The van der Waals surface area contributed by atoms with Crippen LogP contribution in [0.2, 0.25) is 0 Å². The van der Waals surface area contributed by atoms with Crippen molar-refractivity contribution < 1.29 is 9.84 Å². The van der Waals surface area contributed by atoms with Crippen molar-refractivity contribution in [2.45, 2.75) is 138 Å². The van der Waals surface area contributed by atoms with Gasteiger partial charge in [-0.2, -0.15) is 0 Å². The van der Waals surface area contributed by atoms with Gasteiger partial charge in [0.15, 0.2) is 0 Å². The summed E-state index contributed by atoms with van der Waals surface area (Å²) in [6.45, 7) is 17.8. The molecule has 0 aromatic carbocycles. The minimum Gasteiger partial charge on any atom is -0.396 e. The Morgan fingerprint density at radius 2 is 1.53 bits per heavy atom. The van der Waals surface area contributed by atoms with E-state index in [2.05, 4.69) is 34.6 Å². The number of hydrogen-bond donors (Lipinski definition) is 1. The summed E-state index contributed by atoms with van der Waals surface area (Å²) in [5, 5.41) is 9.09. The van der Waals surface area contributed by atoms with Crippen molar-refractivity contribution in [3.63, 3.8) is 0 Å². The van der Waals surface area contributed by atoms with Gasteiger partial charge in [0.1, 0.15) is 0 Å². The van der Waals surface area contributed by atoms with Crippen molar-refractivity contribution >= 4 is 0 Å². The first kappa shape index (κ1) is 28.5. The van der Waals surface area contributed by atoms with Crippen LogP contribution >= 0.6 is 0 Å². The molecule has 4 aliphatic carbocycles. The molecule has 0 bridgehead atoms. The van der Waals surface area contributed by atoms with Gasteiger partial charge in [0.2, 0.25) is 0 Å². The van der Waals surface area contributed by atoms with Gasteiger partial charge in [-0.15, -0.1) is 0 Å². The van der Waals surface area contributed by atoms with Gasteiger partial charge < -0.3 is 9.84 Å². The first-order valence-electron chi connectivity index (χ1n) is 15.5. The average molecular weight is 477 g/mol. The van der Waals surface area contributed by atoms with Crippen LogP contribution in [0.5, 0.6) is 0 Å². The van der Waals surface area contributed by atoms with Crippen LogP contribution in [-0.4, -0.2) is 24.4 Å². The molecule has 0 radical (unpaired) electrons. The van der Waals surface area contributed by atoms with Crippen molar-refractivity contribution in [3.05, 3.63) is 0 Å². The number of rotatable bonds is 9. The summed E-state index contributed by atoms with van der Waals surface area (Å²) in [6.07, 6.45) is 18.4. The van der Waals surface area contributed by atoms with Gasteiger partial charge in [-0.25, -0.2) is 0 Å². The molecule has 9 atom stereocenters. The molecule has 0 spiro atoms. The minimum absolute atomic E-state index is 0.259. The summed E-state index contributed by atoms with van der Waals surface area (Å²) in [5.41, 5.74) is 1.17. The predicted molar refractivity (Wildman–Crippen MR) is 146 cm³/mol. The molecule has 0 aromatic rings. The standard InChI is InChI=1S/C30H54O2.C2H6/c1-21(2)8-6-9-22(3)26-12-13-27-25-11-10-23-20-24(32-19-7-18-31)14-16-29(23,4)28(25)15-17-30(26,27)5;1-2/h21-28,31H,6-20H2,1-5H3;1-2H3/t22-,23?,24?,25?,26?,27?,28?,29?,30?;/m1./s1. The molecule has 4 saturated carbocycles. The molecule has 4 rings (SSSR count). The predicted octanol–water partition coefficient (Wildman–Crippen LogP) is 8.90. The number of aliphatic hydroxyl groups excluding tert-OH is 1. The highest BCUT2D eigenvalue weighted by molar-refractivity contribution is 5.09. The maximum Gasteiger partial charge on any atom is 0.0578 e. The second kappa shape index (κ2) is 12.4. The molecular weight excluding hydrogens is 416 g/mol. The molecule has 0 heterocycles. The van der Waals surface area contributed by atoms with Crippen LogP contribution in [0.25, 0.3) is 0 Å². The largest absolute Gasteiger partial charge is 0.396 e. The zero-order valence-corrected chi connectivity index (χ0v) is 24.1. The summed E-state index contributed by atoms with van der Waals surface area (Å²) in [6, 6.07) is 0. The van der Waals surface area contributed by atoms with Crippen LogP contribution < -0.4 is 0 Å². The Hall–Kier alpha value is -0.0800. The lowest BCUT2D eigenvalue weighted by Gasteiger charge is -2.61. The van der Waals surface area contributed by atoms with Crippen LogP contribution in [-0.2, 0) is 4.74 Å². The van der Waals surface area contributed by atoms with Gasteiger partial charge in [0.25, 0.3) is 0 Å². The minimum atomic E-state index is 0.259. The van der Waals surface area contributed by atoms with E-state index in [1.807, 2.05) is 13.8 Å². The Morgan fingerprint density at radius 1 is 0.824 bits per heavy atom. The number of ether oxygens (including phenoxy) is 1. The molecule has 2 nitrogen and oxygen atoms in total. The number of hydrogen-bond acceptors (Lipinski definition) is 2. The lowest BCUT2D eigenvalue weighted by Crippen LogP contribution is -2.54. The van der Waals surface area contributed by atoms with E-state index >= 15 is 0 Å². The lowest BCUT2D eigenvalue weighted by molar-refractivity contribution is -0.137. The van der Waals surface area contributed by atoms with E-state index in [0.717, 1.165) is 54.5 Å². The number of aliphatic hydroxyl groups is 1. The van der Waals surface area contributed by atoms with Crippen molar-refractivity contribution in [3.8, 4) is 0 Å². The van der Waals surface area contributed by atoms with Crippen molar-refractivity contribution in [1.82, 2.24) is 0 Å². The van der Waals surface area contributed by atoms with E-state index in [9.17, 15) is 0 Å². The SMILES string of the molecule is CC.CC(C)CCC[C@@H](C)C1CCC2C3CCC4CC(OCCCO)CCC4(C)C3CCC21C. The third-order valence-electron chi connectivity index (χ3n) is 11.5. The molecule has 4 aliphatic rings. The van der Waals surface area contributed by atoms with Crippen LogP contribution in [0.15, 0.2) is 0 Å². The molecule has 1 N–H and O–H groups in total. The summed E-state index contributed by atoms with van der Waals surface area (Å²) in [5.74, 6) is 6.57. The van der Waals surface area contributed by atoms with Crippen molar-refractivity contribution in [1.29, 1.82) is 0 Å². The first-order valence-corrected chi connectivity index (χ1v) is 15.5. The average Bonchev–Trinajstić information content (AvgIpc) is 3.17. The van der Waals surface area contributed by atoms with Crippen LogP contribution in [0.1, 0.15) is 132 Å². The molecule has 0 aromatic heterocycles. The van der Waals surface area contributed by atoms with Gasteiger partial charge in [0, 0.05) is 13.2 Å². The Kier molecular flexibility index (Phi) is 10.4. The molecule has 4 fully saturated rings. The zero-order chi connectivity index (χ0) is 24.9. The highest BCUT2D eigenvalue weighted by Crippen LogP contribution is 2.68. The highest BCUT2D eigenvalue weighted by Gasteiger charge is 2.60. The van der Waals surface area contributed by atoms with Gasteiger partial charge in [-0.3, -0.25) is 0 Å². The van der Waals surface area contributed by atoms with Gasteiger partial charge in [-0.05, 0) is 116 Å².